The first-order valence-electron chi connectivity index (χ1n) is 10.3. The number of aliphatic hydroxyl groups excluding tert-OH is 1. The van der Waals surface area contributed by atoms with E-state index in [1.54, 1.807) is 19.1 Å². The van der Waals surface area contributed by atoms with E-state index in [1.165, 1.54) is 28.4 Å². The van der Waals surface area contributed by atoms with E-state index >= 15 is 0 Å². The normalized spacial score (nSPS) is 24.9. The molecule has 1 saturated heterocycles. The van der Waals surface area contributed by atoms with Crippen molar-refractivity contribution in [1.29, 1.82) is 0 Å². The number of hydrogen-bond donors (Lipinski definition) is 1. The molecule has 4 atom stereocenters. The maximum atomic E-state index is 12.5. The number of aliphatic carboxylic acids is 1. The largest absolute Gasteiger partial charge is 0.543 e. The van der Waals surface area contributed by atoms with Crippen LogP contribution in [0.4, 0.5) is 0 Å². The molecule has 10 heteroatoms. The van der Waals surface area contributed by atoms with Crippen LogP contribution in [0, 0.1) is 5.92 Å². The van der Waals surface area contributed by atoms with Gasteiger partial charge < -0.3 is 15.0 Å². The van der Waals surface area contributed by atoms with Crippen molar-refractivity contribution < 1.29 is 29.2 Å². The number of imidazole rings is 1. The van der Waals surface area contributed by atoms with E-state index in [4.69, 9.17) is 0 Å². The third kappa shape index (κ3) is 3.46. The maximum Gasteiger partial charge on any atom is 0.244 e. The number of amides is 1. The van der Waals surface area contributed by atoms with Gasteiger partial charge in [-0.3, -0.25) is 14.5 Å². The second-order valence-electron chi connectivity index (χ2n) is 8.13. The number of thioether (sulfide) groups is 2. The third-order valence-corrected chi connectivity index (χ3v) is 8.91. The quantitative estimate of drug-likeness (QED) is 0.359. The number of carboxylic acids is 1. The first-order valence-corrected chi connectivity index (χ1v) is 12.1. The number of ketones is 1. The molecule has 3 aliphatic heterocycles. The number of benzene rings is 1. The molecule has 1 amide bonds. The van der Waals surface area contributed by atoms with Crippen molar-refractivity contribution in [1.82, 2.24) is 9.47 Å². The molecule has 32 heavy (non-hydrogen) atoms. The minimum absolute atomic E-state index is 0.00118. The number of aromatic nitrogens is 2. The summed E-state index contributed by atoms with van der Waals surface area (Å²) in [6.07, 6.45) is 3.82. The zero-order valence-corrected chi connectivity index (χ0v) is 18.8. The lowest BCUT2D eigenvalue weighted by molar-refractivity contribution is -0.690. The Morgan fingerprint density at radius 2 is 2.09 bits per heavy atom. The summed E-state index contributed by atoms with van der Waals surface area (Å²) >= 11 is 2.72. The van der Waals surface area contributed by atoms with Gasteiger partial charge in [-0.15, -0.1) is 11.8 Å². The summed E-state index contributed by atoms with van der Waals surface area (Å²) in [6.45, 7) is 2.54. The van der Waals surface area contributed by atoms with Crippen LogP contribution in [0.3, 0.4) is 0 Å². The molecule has 166 valence electrons. The first kappa shape index (κ1) is 21.3. The van der Waals surface area contributed by atoms with Crippen molar-refractivity contribution in [2.24, 2.45) is 5.92 Å². The SMILES string of the molecule is CC(O)[C@H]1C(=O)N2C(C(=O)[O-])=C(SC3CC[n+]4cn(CC(=O)c5ccccc5)cc43)S[C@H]12. The Balaban J connectivity index is 1.34. The average Bonchev–Trinajstić information content (AvgIpc) is 3.41. The number of rotatable bonds is 7. The van der Waals surface area contributed by atoms with E-state index in [2.05, 4.69) is 4.57 Å². The van der Waals surface area contributed by atoms with Crippen molar-refractivity contribution in [3.05, 3.63) is 64.0 Å². The topological polar surface area (TPSA) is 107 Å². The van der Waals surface area contributed by atoms with Gasteiger partial charge in [0.2, 0.25) is 18.0 Å². The number of fused-ring (bicyclic) bond motifs is 2. The van der Waals surface area contributed by atoms with Crippen LogP contribution >= 0.6 is 23.5 Å². The Morgan fingerprint density at radius 3 is 2.78 bits per heavy atom. The number of carboxylic acid groups (broad SMARTS) is 1. The van der Waals surface area contributed by atoms with Gasteiger partial charge >= 0.3 is 0 Å². The van der Waals surface area contributed by atoms with Gasteiger partial charge in [0.1, 0.15) is 11.6 Å². The minimum atomic E-state index is -1.38. The number of carbonyl (C=O) groups is 3. The number of nitrogens with zero attached hydrogens (tertiary/aromatic N) is 3. The fourth-order valence-electron chi connectivity index (χ4n) is 4.42. The molecular formula is C22H21N3O5S2. The summed E-state index contributed by atoms with van der Waals surface area (Å²) in [6, 6.07) is 9.13. The Labute approximate surface area is 192 Å². The Morgan fingerprint density at radius 1 is 1.34 bits per heavy atom. The van der Waals surface area contributed by atoms with Gasteiger partial charge in [0.05, 0.1) is 39.7 Å². The zero-order chi connectivity index (χ0) is 22.6. The van der Waals surface area contributed by atoms with Gasteiger partial charge in [-0.1, -0.05) is 42.1 Å². The maximum absolute atomic E-state index is 12.5. The lowest BCUT2D eigenvalue weighted by atomic mass is 9.92. The van der Waals surface area contributed by atoms with Crippen LogP contribution in [-0.4, -0.2) is 43.7 Å². The van der Waals surface area contributed by atoms with E-state index in [9.17, 15) is 24.6 Å². The number of β-lactam (4-membered cyclic amide) rings is 1. The van der Waals surface area contributed by atoms with Crippen molar-refractivity contribution >= 4 is 41.2 Å². The van der Waals surface area contributed by atoms with E-state index < -0.39 is 23.4 Å². The highest BCUT2D eigenvalue weighted by atomic mass is 32.2. The lowest BCUT2D eigenvalue weighted by Gasteiger charge is -2.44. The molecule has 4 heterocycles. The monoisotopic (exact) mass is 471 g/mol. The van der Waals surface area contributed by atoms with Crippen molar-refractivity contribution in [3.63, 3.8) is 0 Å². The van der Waals surface area contributed by atoms with Crippen LogP contribution in [0.2, 0.25) is 0 Å². The van der Waals surface area contributed by atoms with Crippen LogP contribution in [0.5, 0.6) is 0 Å². The standard InChI is InChI=1S/C22H21N3O5S2/c1-12(26)17-19(28)25-18(21(29)30)22(32-20(17)25)31-16-7-8-24-11-23(9-14(16)24)10-15(27)13-5-3-2-4-6-13/h2-6,9,11-12,16-17,20,26H,7-8,10H2,1H3/t12?,16?,17-,20+/m0/s1. The van der Waals surface area contributed by atoms with Gasteiger partial charge in [-0.25, -0.2) is 9.13 Å². The van der Waals surface area contributed by atoms with Crippen molar-refractivity contribution in [2.45, 2.75) is 43.2 Å². The lowest BCUT2D eigenvalue weighted by Crippen LogP contribution is -2.61. The number of hydrogen-bond acceptors (Lipinski definition) is 7. The summed E-state index contributed by atoms with van der Waals surface area (Å²) < 4.78 is 4.47. The minimum Gasteiger partial charge on any atom is -0.543 e. The molecule has 0 radical (unpaired) electrons. The van der Waals surface area contributed by atoms with Crippen molar-refractivity contribution in [2.75, 3.05) is 0 Å². The predicted octanol–water partition coefficient (Wildman–Crippen LogP) is 0.668. The van der Waals surface area contributed by atoms with E-state index in [1.807, 2.05) is 35.3 Å². The molecule has 8 nitrogen and oxygen atoms in total. The number of aryl methyl sites for hydroxylation is 1. The predicted molar refractivity (Wildman–Crippen MR) is 116 cm³/mol. The van der Waals surface area contributed by atoms with Gasteiger partial charge in [0.25, 0.3) is 0 Å². The molecule has 3 aliphatic rings. The number of aliphatic hydroxyl groups is 1. The van der Waals surface area contributed by atoms with E-state index in [0.29, 0.717) is 9.80 Å². The molecule has 0 bridgehead atoms. The van der Waals surface area contributed by atoms with E-state index in [0.717, 1.165) is 18.7 Å². The molecule has 2 aromatic rings. The highest BCUT2D eigenvalue weighted by Crippen LogP contribution is 2.56. The summed E-state index contributed by atoms with van der Waals surface area (Å²) in [7, 11) is 0. The van der Waals surface area contributed by atoms with Gasteiger partial charge in [0.15, 0.2) is 12.2 Å². The molecule has 0 spiro atoms. The van der Waals surface area contributed by atoms with Crippen LogP contribution in [0.15, 0.2) is 52.8 Å². The molecule has 1 fully saturated rings. The van der Waals surface area contributed by atoms with Gasteiger partial charge in [-0.2, -0.15) is 0 Å². The van der Waals surface area contributed by atoms with Crippen LogP contribution in [-0.2, 0) is 22.7 Å². The van der Waals surface area contributed by atoms with E-state index in [-0.39, 0.29) is 29.2 Å². The Hall–Kier alpha value is -2.56. The molecule has 0 aliphatic carbocycles. The molecule has 0 saturated carbocycles. The second kappa shape index (κ2) is 8.09. The Kier molecular flexibility index (Phi) is 5.39. The van der Waals surface area contributed by atoms with Crippen molar-refractivity contribution in [3.8, 4) is 0 Å². The molecule has 5 rings (SSSR count). The summed E-state index contributed by atoms with van der Waals surface area (Å²) in [5.74, 6) is -2.34. The van der Waals surface area contributed by atoms with Gasteiger partial charge in [0, 0.05) is 12.0 Å². The van der Waals surface area contributed by atoms with Crippen LogP contribution in [0.25, 0.3) is 0 Å². The molecular weight excluding hydrogens is 450 g/mol. The highest BCUT2D eigenvalue weighted by molar-refractivity contribution is 8.22. The molecule has 1 aromatic heterocycles. The third-order valence-electron chi connectivity index (χ3n) is 6.01. The second-order valence-corrected chi connectivity index (χ2v) is 10.7. The first-order chi connectivity index (χ1) is 15.3. The Bertz CT molecular complexity index is 1140. The fourth-order valence-corrected chi connectivity index (χ4v) is 7.70. The zero-order valence-electron chi connectivity index (χ0n) is 17.2. The van der Waals surface area contributed by atoms with Gasteiger partial charge in [-0.05, 0) is 6.92 Å². The van der Waals surface area contributed by atoms with Crippen LogP contribution < -0.4 is 9.67 Å². The highest BCUT2D eigenvalue weighted by Gasteiger charge is 2.56. The number of Topliss-reactive ketones (excluding diaryl/α,β-unsaturated/α-hetero) is 1. The molecule has 1 aromatic carbocycles. The summed E-state index contributed by atoms with van der Waals surface area (Å²) in [5, 5.41) is 21.3. The average molecular weight is 472 g/mol. The smallest absolute Gasteiger partial charge is 0.244 e. The molecule has 1 N–H and O–H groups in total. The number of carbonyl (C=O) groups excluding carboxylic acids is 3. The van der Waals surface area contributed by atoms with Crippen LogP contribution in [0.1, 0.15) is 34.6 Å². The summed E-state index contributed by atoms with van der Waals surface area (Å²) in [5.41, 5.74) is 1.57. The summed E-state index contributed by atoms with van der Waals surface area (Å²) in [4.78, 5) is 38.0. The fraction of sp³-hybridized carbons (Fsp3) is 0.364. The molecule has 2 unspecified atom stereocenters.